The maximum Gasteiger partial charge on any atom is 0.244 e. The van der Waals surface area contributed by atoms with Gasteiger partial charge in [-0.3, -0.25) is 15.1 Å². The predicted molar refractivity (Wildman–Crippen MR) is 134 cm³/mol. The second-order valence-electron chi connectivity index (χ2n) is 9.24. The van der Waals surface area contributed by atoms with E-state index in [1.165, 1.54) is 15.6 Å². The second-order valence-corrected chi connectivity index (χ2v) is 12.3. The van der Waals surface area contributed by atoms with E-state index in [0.717, 1.165) is 16.5 Å². The summed E-state index contributed by atoms with van der Waals surface area (Å²) in [6, 6.07) is 6.76. The number of hydrogen-bond acceptors (Lipinski definition) is 10. The number of amidine groups is 1. The molecule has 1 saturated carbocycles. The number of piperazine rings is 1. The first-order chi connectivity index (χ1) is 17.2. The Hall–Kier alpha value is -2.49. The molecule has 1 saturated heterocycles. The summed E-state index contributed by atoms with van der Waals surface area (Å²) in [6.45, 7) is 0.895. The molecular weight excluding hydrogens is 508 g/mol. The number of fused-ring (bicyclic) bond motifs is 1. The number of benzene rings is 1. The van der Waals surface area contributed by atoms with Gasteiger partial charge >= 0.3 is 0 Å². The van der Waals surface area contributed by atoms with Crippen molar-refractivity contribution >= 4 is 49.3 Å². The van der Waals surface area contributed by atoms with E-state index in [2.05, 4.69) is 20.3 Å². The zero-order chi connectivity index (χ0) is 25.6. The highest BCUT2D eigenvalue weighted by molar-refractivity contribution is 7.88. The van der Waals surface area contributed by atoms with Gasteiger partial charge in [0.2, 0.25) is 21.9 Å². The highest BCUT2D eigenvalue weighted by atomic mass is 32.2. The molecule has 2 aromatic rings. The topological polar surface area (TPSA) is 168 Å². The number of carbonyl (C=O) groups excluding carboxylic acids is 1. The van der Waals surface area contributed by atoms with Crippen LogP contribution in [0.5, 0.6) is 0 Å². The third kappa shape index (κ3) is 4.76. The van der Waals surface area contributed by atoms with Crippen LogP contribution in [0.1, 0.15) is 17.3 Å². The van der Waals surface area contributed by atoms with Crippen LogP contribution in [0.4, 0.5) is 0 Å². The van der Waals surface area contributed by atoms with Gasteiger partial charge in [-0.1, -0.05) is 12.1 Å². The van der Waals surface area contributed by atoms with Crippen LogP contribution >= 0.6 is 11.3 Å². The molecule has 0 spiro atoms. The van der Waals surface area contributed by atoms with Crippen molar-refractivity contribution in [1.29, 1.82) is 0 Å². The summed E-state index contributed by atoms with van der Waals surface area (Å²) in [4.78, 5) is 29.1. The molecule has 0 radical (unpaired) electrons. The van der Waals surface area contributed by atoms with Crippen LogP contribution < -0.4 is 5.32 Å². The van der Waals surface area contributed by atoms with Gasteiger partial charge in [-0.05, 0) is 18.6 Å². The Bertz CT molecular complexity index is 1290. The summed E-state index contributed by atoms with van der Waals surface area (Å²) in [5, 5.41) is 33.7. The number of nitrogens with one attached hydrogen (secondary N) is 1. The molecule has 12 nitrogen and oxygen atoms in total. The maximum atomic E-state index is 13.4. The van der Waals surface area contributed by atoms with Crippen LogP contribution in [-0.2, 0) is 14.8 Å². The summed E-state index contributed by atoms with van der Waals surface area (Å²) in [7, 11) is -3.32. The number of thiazole rings is 1. The van der Waals surface area contributed by atoms with E-state index in [9.17, 15) is 28.5 Å². The number of nitrogens with zero attached hydrogens (tertiary/aromatic N) is 5. The standard InChI is InChI=1S/C22H28N6O6S2/c1-36(33,34)28-8-6-27(7-9-28)22-25-19(23-14-10-12(11-29)17(30)18(14)31)16(20(32)26-22)21-24-13-4-2-3-5-15(13)35-21/h2-5,12,14,16-18,29-31H,6-11H2,1H3,(H,23,25,26,32)/t12-,14-,16?,17-,18+/m1/s1. The molecule has 4 N–H and O–H groups in total. The van der Waals surface area contributed by atoms with E-state index in [1.807, 2.05) is 24.3 Å². The summed E-state index contributed by atoms with van der Waals surface area (Å²) < 4.78 is 26.0. The molecule has 194 valence electrons. The first kappa shape index (κ1) is 25.2. The largest absolute Gasteiger partial charge is 0.396 e. The Morgan fingerprint density at radius 2 is 1.89 bits per heavy atom. The molecule has 1 unspecified atom stereocenters. The third-order valence-electron chi connectivity index (χ3n) is 6.84. The average Bonchev–Trinajstić information content (AvgIpc) is 3.39. The molecule has 1 aromatic carbocycles. The lowest BCUT2D eigenvalue weighted by atomic mass is 10.1. The Morgan fingerprint density at radius 3 is 2.53 bits per heavy atom. The van der Waals surface area contributed by atoms with Crippen molar-refractivity contribution in [2.75, 3.05) is 39.0 Å². The Morgan fingerprint density at radius 1 is 1.17 bits per heavy atom. The minimum atomic E-state index is -3.32. The van der Waals surface area contributed by atoms with E-state index < -0.39 is 40.1 Å². The molecule has 5 rings (SSSR count). The summed E-state index contributed by atoms with van der Waals surface area (Å²) in [5.41, 5.74) is 0.744. The number of carbonyl (C=O) groups is 1. The van der Waals surface area contributed by atoms with Gasteiger partial charge in [0.25, 0.3) is 0 Å². The van der Waals surface area contributed by atoms with Crippen molar-refractivity contribution in [3.63, 3.8) is 0 Å². The lowest BCUT2D eigenvalue weighted by Crippen LogP contribution is -2.57. The number of amides is 1. The van der Waals surface area contributed by atoms with Crippen LogP contribution in [-0.4, -0.2) is 113 Å². The monoisotopic (exact) mass is 536 g/mol. The van der Waals surface area contributed by atoms with Crippen LogP contribution in [0.3, 0.4) is 0 Å². The van der Waals surface area contributed by atoms with Gasteiger partial charge in [-0.15, -0.1) is 11.3 Å². The molecule has 1 aliphatic carbocycles. The molecule has 3 heterocycles. The van der Waals surface area contributed by atoms with Gasteiger partial charge < -0.3 is 20.2 Å². The highest BCUT2D eigenvalue weighted by Crippen LogP contribution is 2.33. The SMILES string of the molecule is CS(=O)(=O)N1CCN(C2=NC(=N[C@@H]3C[C@H](CO)[C@@H](O)[C@H]3O)C(c3nc4ccccc4s3)C(=O)N2)CC1. The number of sulfonamides is 1. The van der Waals surface area contributed by atoms with Crippen molar-refractivity contribution in [2.24, 2.45) is 15.9 Å². The zero-order valence-electron chi connectivity index (χ0n) is 19.6. The fourth-order valence-electron chi connectivity index (χ4n) is 4.80. The molecule has 14 heteroatoms. The molecular formula is C22H28N6O6S2. The molecule has 2 aliphatic heterocycles. The normalized spacial score (nSPS) is 31.2. The lowest BCUT2D eigenvalue weighted by Gasteiger charge is -2.36. The van der Waals surface area contributed by atoms with Crippen molar-refractivity contribution in [2.45, 2.75) is 30.6 Å². The van der Waals surface area contributed by atoms with Gasteiger partial charge in [0, 0.05) is 38.7 Å². The third-order valence-corrected chi connectivity index (χ3v) is 9.25. The summed E-state index contributed by atoms with van der Waals surface area (Å²) in [5.74, 6) is -1.40. The molecule has 3 aliphatic rings. The number of guanidine groups is 1. The zero-order valence-corrected chi connectivity index (χ0v) is 21.2. The van der Waals surface area contributed by atoms with Crippen LogP contribution in [0, 0.1) is 5.92 Å². The minimum Gasteiger partial charge on any atom is -0.396 e. The average molecular weight is 537 g/mol. The highest BCUT2D eigenvalue weighted by Gasteiger charge is 2.43. The van der Waals surface area contributed by atoms with E-state index in [4.69, 9.17) is 0 Å². The van der Waals surface area contributed by atoms with Crippen LogP contribution in [0.15, 0.2) is 34.3 Å². The summed E-state index contributed by atoms with van der Waals surface area (Å²) in [6.07, 6.45) is -0.923. The van der Waals surface area contributed by atoms with Gasteiger partial charge in [0.05, 0.1) is 28.6 Å². The van der Waals surface area contributed by atoms with Gasteiger partial charge in [0.1, 0.15) is 22.9 Å². The van der Waals surface area contributed by atoms with E-state index in [-0.39, 0.29) is 43.8 Å². The molecule has 5 atom stereocenters. The Balaban J connectivity index is 1.50. The fourth-order valence-corrected chi connectivity index (χ4v) is 6.69. The number of aliphatic hydroxyl groups is 3. The van der Waals surface area contributed by atoms with Gasteiger partial charge in [-0.2, -0.15) is 9.30 Å². The first-order valence-corrected chi connectivity index (χ1v) is 14.3. The number of aromatic nitrogens is 1. The van der Waals surface area contributed by atoms with E-state index in [0.29, 0.717) is 18.1 Å². The van der Waals surface area contributed by atoms with Crippen molar-refractivity contribution < 1.29 is 28.5 Å². The van der Waals surface area contributed by atoms with Crippen molar-refractivity contribution in [3.8, 4) is 0 Å². The molecule has 1 amide bonds. The number of aliphatic imine (C=N–C) groups is 2. The van der Waals surface area contributed by atoms with Crippen LogP contribution in [0.2, 0.25) is 0 Å². The molecule has 36 heavy (non-hydrogen) atoms. The van der Waals surface area contributed by atoms with Crippen LogP contribution in [0.25, 0.3) is 10.2 Å². The summed E-state index contributed by atoms with van der Waals surface area (Å²) >= 11 is 1.35. The van der Waals surface area contributed by atoms with E-state index >= 15 is 0 Å². The number of hydrogen-bond donors (Lipinski definition) is 4. The fraction of sp³-hybridized carbons (Fsp3) is 0.545. The number of para-hydroxylation sites is 1. The Kier molecular flexibility index (Phi) is 6.82. The molecule has 0 bridgehead atoms. The van der Waals surface area contributed by atoms with Gasteiger partial charge in [0.15, 0.2) is 0 Å². The maximum absolute atomic E-state index is 13.4. The Labute approximate surface area is 212 Å². The van der Waals surface area contributed by atoms with E-state index in [1.54, 1.807) is 4.90 Å². The lowest BCUT2D eigenvalue weighted by molar-refractivity contribution is -0.120. The van der Waals surface area contributed by atoms with Crippen molar-refractivity contribution in [3.05, 3.63) is 29.3 Å². The first-order valence-electron chi connectivity index (χ1n) is 11.7. The minimum absolute atomic E-state index is 0.160. The second kappa shape index (κ2) is 9.76. The predicted octanol–water partition coefficient (Wildman–Crippen LogP) is -1.06. The van der Waals surface area contributed by atoms with Crippen molar-refractivity contribution in [1.82, 2.24) is 19.5 Å². The number of rotatable bonds is 4. The quantitative estimate of drug-likeness (QED) is 0.384. The molecule has 2 fully saturated rings. The number of aliphatic hydroxyl groups excluding tert-OH is 3. The smallest absolute Gasteiger partial charge is 0.244 e. The van der Waals surface area contributed by atoms with Gasteiger partial charge in [-0.25, -0.2) is 13.4 Å². The molecule has 1 aromatic heterocycles.